The Kier molecular flexibility index (Phi) is 5.11. The molecule has 0 aliphatic carbocycles. The standard InChI is InChI=1S/C9H17NO3/c1-3-4-7(5-8(10)11)6(2)9(12)13/h6-7H,3-5H2,1-2H3,(H2,10,11)(H,12,13)/t6-,7?/m1/s1. The number of carboxylic acid groups (broad SMARTS) is 1. The zero-order valence-electron chi connectivity index (χ0n) is 8.12. The van der Waals surface area contributed by atoms with Crippen LogP contribution in [0.3, 0.4) is 0 Å². The number of nitrogens with two attached hydrogens (primary N) is 1. The maximum Gasteiger partial charge on any atom is 0.306 e. The molecule has 0 rings (SSSR count). The van der Waals surface area contributed by atoms with Gasteiger partial charge in [0.15, 0.2) is 0 Å². The predicted molar refractivity (Wildman–Crippen MR) is 49.0 cm³/mol. The first-order chi connectivity index (χ1) is 5.99. The molecule has 1 unspecified atom stereocenters. The molecular formula is C9H17NO3. The van der Waals surface area contributed by atoms with E-state index in [1.54, 1.807) is 6.92 Å². The summed E-state index contributed by atoms with van der Waals surface area (Å²) in [6.45, 7) is 3.58. The van der Waals surface area contributed by atoms with E-state index in [9.17, 15) is 9.59 Å². The van der Waals surface area contributed by atoms with Crippen molar-refractivity contribution in [3.8, 4) is 0 Å². The van der Waals surface area contributed by atoms with Crippen molar-refractivity contribution in [1.82, 2.24) is 0 Å². The second kappa shape index (κ2) is 5.56. The molecule has 4 nitrogen and oxygen atoms in total. The summed E-state index contributed by atoms with van der Waals surface area (Å²) in [5, 5.41) is 8.74. The first-order valence-corrected chi connectivity index (χ1v) is 4.50. The molecule has 13 heavy (non-hydrogen) atoms. The maximum absolute atomic E-state index is 10.6. The van der Waals surface area contributed by atoms with Gasteiger partial charge in [0.2, 0.25) is 5.91 Å². The van der Waals surface area contributed by atoms with Gasteiger partial charge in [-0.05, 0) is 12.3 Å². The third kappa shape index (κ3) is 4.50. The molecule has 0 spiro atoms. The van der Waals surface area contributed by atoms with Crippen molar-refractivity contribution in [3.05, 3.63) is 0 Å². The SMILES string of the molecule is CCCC(CC(N)=O)[C@@H](C)C(=O)O. The first-order valence-electron chi connectivity index (χ1n) is 4.50. The average Bonchev–Trinajstić information content (AvgIpc) is 2.01. The van der Waals surface area contributed by atoms with Crippen LogP contribution in [0, 0.1) is 11.8 Å². The van der Waals surface area contributed by atoms with Gasteiger partial charge in [-0.15, -0.1) is 0 Å². The summed E-state index contributed by atoms with van der Waals surface area (Å²) < 4.78 is 0. The minimum atomic E-state index is -0.861. The molecular weight excluding hydrogens is 170 g/mol. The molecule has 3 N–H and O–H groups in total. The van der Waals surface area contributed by atoms with Crippen LogP contribution in [0.5, 0.6) is 0 Å². The third-order valence-corrected chi connectivity index (χ3v) is 2.22. The minimum Gasteiger partial charge on any atom is -0.481 e. The molecule has 0 aliphatic rings. The largest absolute Gasteiger partial charge is 0.481 e. The molecule has 2 atom stereocenters. The Hall–Kier alpha value is -1.06. The fraction of sp³-hybridized carbons (Fsp3) is 0.778. The van der Waals surface area contributed by atoms with E-state index >= 15 is 0 Å². The van der Waals surface area contributed by atoms with Crippen molar-refractivity contribution in [2.75, 3.05) is 0 Å². The lowest BCUT2D eigenvalue weighted by atomic mass is 9.87. The molecule has 0 aromatic carbocycles. The van der Waals surface area contributed by atoms with Crippen LogP contribution in [-0.4, -0.2) is 17.0 Å². The van der Waals surface area contributed by atoms with E-state index in [0.717, 1.165) is 12.8 Å². The number of hydrogen-bond acceptors (Lipinski definition) is 2. The molecule has 0 saturated carbocycles. The fourth-order valence-electron chi connectivity index (χ4n) is 1.36. The zero-order chi connectivity index (χ0) is 10.4. The smallest absolute Gasteiger partial charge is 0.306 e. The van der Waals surface area contributed by atoms with Gasteiger partial charge in [0.25, 0.3) is 0 Å². The molecule has 0 aromatic rings. The summed E-state index contributed by atoms with van der Waals surface area (Å²) in [6, 6.07) is 0. The van der Waals surface area contributed by atoms with Crippen molar-refractivity contribution < 1.29 is 14.7 Å². The number of carbonyl (C=O) groups is 2. The normalized spacial score (nSPS) is 14.9. The van der Waals surface area contributed by atoms with Crippen LogP contribution < -0.4 is 5.73 Å². The molecule has 76 valence electrons. The average molecular weight is 187 g/mol. The molecule has 4 heteroatoms. The highest BCUT2D eigenvalue weighted by atomic mass is 16.4. The highest BCUT2D eigenvalue weighted by Gasteiger charge is 2.24. The van der Waals surface area contributed by atoms with E-state index < -0.39 is 17.8 Å². The molecule has 0 aromatic heterocycles. The summed E-state index contributed by atoms with van der Waals surface area (Å²) >= 11 is 0. The van der Waals surface area contributed by atoms with Gasteiger partial charge in [0.1, 0.15) is 0 Å². The van der Waals surface area contributed by atoms with Gasteiger partial charge in [-0.3, -0.25) is 9.59 Å². The zero-order valence-corrected chi connectivity index (χ0v) is 8.12. The number of primary amides is 1. The lowest BCUT2D eigenvalue weighted by Crippen LogP contribution is -2.25. The van der Waals surface area contributed by atoms with Gasteiger partial charge in [-0.2, -0.15) is 0 Å². The highest BCUT2D eigenvalue weighted by molar-refractivity contribution is 5.76. The summed E-state index contributed by atoms with van der Waals surface area (Å²) in [5.74, 6) is -1.90. The maximum atomic E-state index is 10.6. The van der Waals surface area contributed by atoms with E-state index in [1.165, 1.54) is 0 Å². The van der Waals surface area contributed by atoms with E-state index in [1.807, 2.05) is 6.92 Å². The number of hydrogen-bond donors (Lipinski definition) is 2. The van der Waals surface area contributed by atoms with Crippen molar-refractivity contribution >= 4 is 11.9 Å². The second-order valence-corrected chi connectivity index (χ2v) is 3.35. The molecule has 0 aliphatic heterocycles. The summed E-state index contributed by atoms with van der Waals surface area (Å²) in [4.78, 5) is 21.3. The number of aliphatic carboxylic acids is 1. The molecule has 0 bridgehead atoms. The second-order valence-electron chi connectivity index (χ2n) is 3.35. The predicted octanol–water partition coefficient (Wildman–Crippen LogP) is 0.999. The van der Waals surface area contributed by atoms with E-state index in [-0.39, 0.29) is 12.3 Å². The summed E-state index contributed by atoms with van der Waals surface area (Å²) in [5.41, 5.74) is 5.03. The summed E-state index contributed by atoms with van der Waals surface area (Å²) in [6.07, 6.45) is 1.77. The van der Waals surface area contributed by atoms with Crippen molar-refractivity contribution in [2.45, 2.75) is 33.1 Å². The Bertz CT molecular complexity index is 191. The minimum absolute atomic E-state index is 0.125. The number of amides is 1. The number of carbonyl (C=O) groups excluding carboxylic acids is 1. The first kappa shape index (κ1) is 11.9. The van der Waals surface area contributed by atoms with Gasteiger partial charge >= 0.3 is 5.97 Å². The van der Waals surface area contributed by atoms with Crippen LogP contribution in [0.25, 0.3) is 0 Å². The van der Waals surface area contributed by atoms with Gasteiger partial charge in [0, 0.05) is 6.42 Å². The van der Waals surface area contributed by atoms with E-state index in [0.29, 0.717) is 0 Å². The quantitative estimate of drug-likeness (QED) is 0.650. The van der Waals surface area contributed by atoms with Crippen LogP contribution in [0.4, 0.5) is 0 Å². The van der Waals surface area contributed by atoms with Gasteiger partial charge in [-0.25, -0.2) is 0 Å². The fourth-order valence-corrected chi connectivity index (χ4v) is 1.36. The molecule has 0 heterocycles. The van der Waals surface area contributed by atoms with E-state index in [4.69, 9.17) is 10.8 Å². The van der Waals surface area contributed by atoms with E-state index in [2.05, 4.69) is 0 Å². The molecule has 0 fully saturated rings. The van der Waals surface area contributed by atoms with Crippen molar-refractivity contribution in [1.29, 1.82) is 0 Å². The van der Waals surface area contributed by atoms with Gasteiger partial charge < -0.3 is 10.8 Å². The Balaban J connectivity index is 4.22. The Morgan fingerprint density at radius 2 is 2.00 bits per heavy atom. The van der Waals surface area contributed by atoms with Crippen LogP contribution in [0.15, 0.2) is 0 Å². The Labute approximate surface area is 78.1 Å². The number of carboxylic acids is 1. The lowest BCUT2D eigenvalue weighted by Gasteiger charge is -2.18. The highest BCUT2D eigenvalue weighted by Crippen LogP contribution is 2.21. The number of rotatable bonds is 6. The van der Waals surface area contributed by atoms with Crippen LogP contribution in [0.2, 0.25) is 0 Å². The molecule has 0 radical (unpaired) electrons. The van der Waals surface area contributed by atoms with Crippen LogP contribution in [-0.2, 0) is 9.59 Å². The molecule has 1 amide bonds. The lowest BCUT2D eigenvalue weighted by molar-refractivity contribution is -0.143. The van der Waals surface area contributed by atoms with Crippen molar-refractivity contribution in [2.24, 2.45) is 17.6 Å². The van der Waals surface area contributed by atoms with Crippen LogP contribution in [0.1, 0.15) is 33.1 Å². The van der Waals surface area contributed by atoms with Gasteiger partial charge in [0.05, 0.1) is 5.92 Å². The third-order valence-electron chi connectivity index (χ3n) is 2.22. The Morgan fingerprint density at radius 3 is 2.31 bits per heavy atom. The van der Waals surface area contributed by atoms with Crippen LogP contribution >= 0.6 is 0 Å². The monoisotopic (exact) mass is 187 g/mol. The Morgan fingerprint density at radius 1 is 1.46 bits per heavy atom. The van der Waals surface area contributed by atoms with Gasteiger partial charge in [-0.1, -0.05) is 20.3 Å². The molecule has 0 saturated heterocycles. The summed E-state index contributed by atoms with van der Waals surface area (Å²) in [7, 11) is 0. The van der Waals surface area contributed by atoms with Crippen molar-refractivity contribution in [3.63, 3.8) is 0 Å². The topological polar surface area (TPSA) is 80.4 Å².